The van der Waals surface area contributed by atoms with Gasteiger partial charge in [-0.1, -0.05) is 12.8 Å². The lowest BCUT2D eigenvalue weighted by atomic mass is 10.1. The Morgan fingerprint density at radius 3 is 2.87 bits per heavy atom. The Kier molecular flexibility index (Phi) is 3.86. The molecule has 0 amide bonds. The lowest BCUT2D eigenvalue weighted by molar-refractivity contribution is 0.489. The van der Waals surface area contributed by atoms with Crippen LogP contribution in [0.1, 0.15) is 36.6 Å². The second-order valence-electron chi connectivity index (χ2n) is 4.63. The summed E-state index contributed by atoms with van der Waals surface area (Å²) < 4.78 is 1.27. The van der Waals surface area contributed by atoms with E-state index < -0.39 is 0 Å². The second kappa shape index (κ2) is 4.98. The van der Waals surface area contributed by atoms with E-state index in [2.05, 4.69) is 41.2 Å². The number of rotatable bonds is 5. The van der Waals surface area contributed by atoms with Gasteiger partial charge in [0, 0.05) is 17.5 Å². The molecule has 1 aliphatic carbocycles. The molecular formula is C12H18BrNS. The van der Waals surface area contributed by atoms with Crippen LogP contribution < -0.4 is 5.32 Å². The van der Waals surface area contributed by atoms with Crippen LogP contribution in [0.4, 0.5) is 0 Å². The fourth-order valence-electron chi connectivity index (χ4n) is 1.82. The molecule has 2 rings (SSSR count). The highest BCUT2D eigenvalue weighted by molar-refractivity contribution is 9.11. The highest BCUT2D eigenvalue weighted by Crippen LogP contribution is 2.33. The Labute approximate surface area is 104 Å². The van der Waals surface area contributed by atoms with Gasteiger partial charge in [-0.3, -0.25) is 0 Å². The average Bonchev–Trinajstić information content (AvgIpc) is 2.92. The molecule has 1 N–H and O–H groups in total. The van der Waals surface area contributed by atoms with Crippen LogP contribution in [0, 0.1) is 12.8 Å². The van der Waals surface area contributed by atoms with E-state index in [1.807, 2.05) is 11.3 Å². The Morgan fingerprint density at radius 2 is 2.33 bits per heavy atom. The molecule has 1 fully saturated rings. The molecule has 0 saturated heterocycles. The van der Waals surface area contributed by atoms with Gasteiger partial charge in [0.15, 0.2) is 0 Å². The van der Waals surface area contributed by atoms with Gasteiger partial charge >= 0.3 is 0 Å². The molecular weight excluding hydrogens is 270 g/mol. The van der Waals surface area contributed by atoms with E-state index in [1.165, 1.54) is 33.5 Å². The van der Waals surface area contributed by atoms with Crippen molar-refractivity contribution in [1.29, 1.82) is 0 Å². The molecule has 1 nitrogen and oxygen atoms in total. The molecule has 15 heavy (non-hydrogen) atoms. The Hall–Kier alpha value is 0.140. The van der Waals surface area contributed by atoms with Crippen LogP contribution in [0.15, 0.2) is 9.85 Å². The summed E-state index contributed by atoms with van der Waals surface area (Å²) in [5, 5.41) is 3.60. The molecule has 84 valence electrons. The lowest BCUT2D eigenvalue weighted by Gasteiger charge is -2.11. The summed E-state index contributed by atoms with van der Waals surface area (Å²) in [5.41, 5.74) is 1.35. The van der Waals surface area contributed by atoms with E-state index in [4.69, 9.17) is 0 Å². The summed E-state index contributed by atoms with van der Waals surface area (Å²) in [7, 11) is 0. The van der Waals surface area contributed by atoms with Gasteiger partial charge in [-0.25, -0.2) is 0 Å². The predicted octanol–water partition coefficient (Wildman–Crippen LogP) is 4.10. The van der Waals surface area contributed by atoms with Gasteiger partial charge < -0.3 is 5.32 Å². The topological polar surface area (TPSA) is 12.0 Å². The molecule has 1 saturated carbocycles. The van der Waals surface area contributed by atoms with E-state index in [9.17, 15) is 0 Å². The second-order valence-corrected chi connectivity index (χ2v) is 7.09. The maximum atomic E-state index is 3.60. The van der Waals surface area contributed by atoms with Crippen molar-refractivity contribution < 1.29 is 0 Å². The third kappa shape index (κ3) is 3.58. The van der Waals surface area contributed by atoms with Crippen molar-refractivity contribution in [2.45, 2.75) is 45.7 Å². The van der Waals surface area contributed by atoms with Gasteiger partial charge in [0.1, 0.15) is 0 Å². The van der Waals surface area contributed by atoms with E-state index in [0.29, 0.717) is 6.04 Å². The number of hydrogen-bond acceptors (Lipinski definition) is 2. The first-order valence-electron chi connectivity index (χ1n) is 5.63. The maximum Gasteiger partial charge on any atom is 0.0730 e. The highest BCUT2D eigenvalue weighted by atomic mass is 79.9. The van der Waals surface area contributed by atoms with Crippen LogP contribution in [0.5, 0.6) is 0 Å². The van der Waals surface area contributed by atoms with E-state index >= 15 is 0 Å². The zero-order valence-corrected chi connectivity index (χ0v) is 11.7. The van der Waals surface area contributed by atoms with Crippen molar-refractivity contribution in [3.05, 3.63) is 20.3 Å². The normalized spacial score (nSPS) is 18.1. The SMILES string of the molecule is Cc1cc(CNC(C)CC2CC2)sc1Br. The summed E-state index contributed by atoms with van der Waals surface area (Å²) in [6.45, 7) is 5.47. The third-order valence-corrected chi connectivity index (χ3v) is 5.05. The zero-order valence-electron chi connectivity index (χ0n) is 9.35. The first-order chi connectivity index (χ1) is 7.15. The first kappa shape index (κ1) is 11.6. The van der Waals surface area contributed by atoms with Crippen LogP contribution in [-0.2, 0) is 6.54 Å². The van der Waals surface area contributed by atoms with Crippen molar-refractivity contribution in [3.8, 4) is 0 Å². The summed E-state index contributed by atoms with van der Waals surface area (Å²) in [4.78, 5) is 1.43. The van der Waals surface area contributed by atoms with Gasteiger partial charge in [-0.05, 0) is 53.7 Å². The number of aryl methyl sites for hydroxylation is 1. The van der Waals surface area contributed by atoms with Crippen LogP contribution in [0.25, 0.3) is 0 Å². The molecule has 1 heterocycles. The quantitative estimate of drug-likeness (QED) is 0.860. The zero-order chi connectivity index (χ0) is 10.8. The summed E-state index contributed by atoms with van der Waals surface area (Å²) >= 11 is 5.41. The van der Waals surface area contributed by atoms with Gasteiger partial charge in [-0.15, -0.1) is 11.3 Å². The van der Waals surface area contributed by atoms with Crippen molar-refractivity contribution in [1.82, 2.24) is 5.32 Å². The molecule has 1 aromatic heterocycles. The summed E-state index contributed by atoms with van der Waals surface area (Å²) in [6.07, 6.45) is 4.26. The standard InChI is InChI=1S/C12H18BrNS/c1-8-5-11(15-12(8)13)7-14-9(2)6-10-3-4-10/h5,9-10,14H,3-4,6-7H2,1-2H3. The van der Waals surface area contributed by atoms with Gasteiger partial charge in [-0.2, -0.15) is 0 Å². The summed E-state index contributed by atoms with van der Waals surface area (Å²) in [6, 6.07) is 2.93. The van der Waals surface area contributed by atoms with Crippen LogP contribution in [0.3, 0.4) is 0 Å². The van der Waals surface area contributed by atoms with Crippen LogP contribution in [-0.4, -0.2) is 6.04 Å². The minimum Gasteiger partial charge on any atom is -0.309 e. The summed E-state index contributed by atoms with van der Waals surface area (Å²) in [5.74, 6) is 1.02. The molecule has 0 spiro atoms. The molecule has 1 aromatic rings. The van der Waals surface area contributed by atoms with Gasteiger partial charge in [0.05, 0.1) is 3.79 Å². The molecule has 1 aliphatic rings. The van der Waals surface area contributed by atoms with Gasteiger partial charge in [0.25, 0.3) is 0 Å². The Bertz CT molecular complexity index is 311. The fourth-order valence-corrected chi connectivity index (χ4v) is 3.40. The molecule has 1 unspecified atom stereocenters. The van der Waals surface area contributed by atoms with Crippen molar-refractivity contribution in [2.24, 2.45) is 5.92 Å². The first-order valence-corrected chi connectivity index (χ1v) is 7.24. The number of thiophene rings is 1. The minimum atomic E-state index is 0.665. The minimum absolute atomic E-state index is 0.665. The third-order valence-electron chi connectivity index (χ3n) is 2.92. The van der Waals surface area contributed by atoms with E-state index in [1.54, 1.807) is 0 Å². The largest absolute Gasteiger partial charge is 0.309 e. The highest BCUT2D eigenvalue weighted by Gasteiger charge is 2.23. The van der Waals surface area contributed by atoms with Crippen LogP contribution in [0.2, 0.25) is 0 Å². The Morgan fingerprint density at radius 1 is 1.60 bits per heavy atom. The van der Waals surface area contributed by atoms with Crippen LogP contribution >= 0.6 is 27.3 Å². The smallest absolute Gasteiger partial charge is 0.0730 e. The fraction of sp³-hybridized carbons (Fsp3) is 0.667. The number of halogens is 1. The predicted molar refractivity (Wildman–Crippen MR) is 70.4 cm³/mol. The van der Waals surface area contributed by atoms with Crippen molar-refractivity contribution >= 4 is 27.3 Å². The number of hydrogen-bond donors (Lipinski definition) is 1. The average molecular weight is 288 g/mol. The van der Waals surface area contributed by atoms with Crippen molar-refractivity contribution in [3.63, 3.8) is 0 Å². The lowest BCUT2D eigenvalue weighted by Crippen LogP contribution is -2.25. The Balaban J connectivity index is 1.76. The molecule has 0 radical (unpaired) electrons. The molecule has 1 atom stereocenters. The maximum absolute atomic E-state index is 3.60. The number of nitrogens with one attached hydrogen (secondary N) is 1. The van der Waals surface area contributed by atoms with E-state index in [-0.39, 0.29) is 0 Å². The van der Waals surface area contributed by atoms with E-state index in [0.717, 1.165) is 12.5 Å². The monoisotopic (exact) mass is 287 g/mol. The molecule has 3 heteroatoms. The molecule has 0 aromatic carbocycles. The van der Waals surface area contributed by atoms with Crippen molar-refractivity contribution in [2.75, 3.05) is 0 Å². The van der Waals surface area contributed by atoms with Gasteiger partial charge in [0.2, 0.25) is 0 Å². The molecule has 0 bridgehead atoms. The molecule has 0 aliphatic heterocycles.